The van der Waals surface area contributed by atoms with Crippen LogP contribution < -0.4 is 11.1 Å². The van der Waals surface area contributed by atoms with Crippen molar-refractivity contribution in [1.82, 2.24) is 19.9 Å². The van der Waals surface area contributed by atoms with E-state index >= 15 is 0 Å². The van der Waals surface area contributed by atoms with E-state index in [0.29, 0.717) is 12.2 Å². The monoisotopic (exact) mass is 248 g/mol. The molecular formula is C11H16N6O. The third kappa shape index (κ3) is 1.91. The molecule has 1 aliphatic rings. The molecule has 4 N–H and O–H groups in total. The molecule has 7 heteroatoms. The SMILES string of the molecule is NCC1(Nc2ncnc3nc[nH]c23)CCOCC1. The van der Waals surface area contributed by atoms with Crippen LogP contribution in [0.1, 0.15) is 12.8 Å². The summed E-state index contributed by atoms with van der Waals surface area (Å²) >= 11 is 0. The van der Waals surface area contributed by atoms with Crippen molar-refractivity contribution in [2.24, 2.45) is 5.73 Å². The first-order valence-corrected chi connectivity index (χ1v) is 6.03. The van der Waals surface area contributed by atoms with Crippen molar-refractivity contribution in [3.8, 4) is 0 Å². The summed E-state index contributed by atoms with van der Waals surface area (Å²) in [6.45, 7) is 2.00. The number of nitrogens with zero attached hydrogens (tertiary/aromatic N) is 3. The maximum atomic E-state index is 5.92. The molecule has 7 nitrogen and oxygen atoms in total. The van der Waals surface area contributed by atoms with Crippen LogP contribution in [0.2, 0.25) is 0 Å². The van der Waals surface area contributed by atoms with E-state index in [-0.39, 0.29) is 5.54 Å². The highest BCUT2D eigenvalue weighted by Gasteiger charge is 2.32. The van der Waals surface area contributed by atoms with Crippen molar-refractivity contribution < 1.29 is 4.74 Å². The summed E-state index contributed by atoms with van der Waals surface area (Å²) in [4.78, 5) is 15.5. The second-order valence-corrected chi connectivity index (χ2v) is 4.55. The molecule has 1 saturated heterocycles. The van der Waals surface area contributed by atoms with E-state index in [1.165, 1.54) is 6.33 Å². The molecule has 0 spiro atoms. The van der Waals surface area contributed by atoms with Crippen LogP contribution in [0.15, 0.2) is 12.7 Å². The van der Waals surface area contributed by atoms with Crippen LogP contribution in [0, 0.1) is 0 Å². The van der Waals surface area contributed by atoms with Crippen LogP contribution in [0.4, 0.5) is 5.82 Å². The third-order valence-corrected chi connectivity index (χ3v) is 3.45. The highest BCUT2D eigenvalue weighted by molar-refractivity contribution is 5.82. The predicted molar refractivity (Wildman–Crippen MR) is 67.1 cm³/mol. The summed E-state index contributed by atoms with van der Waals surface area (Å²) < 4.78 is 5.39. The lowest BCUT2D eigenvalue weighted by Crippen LogP contribution is -2.49. The van der Waals surface area contributed by atoms with Gasteiger partial charge in [-0.1, -0.05) is 0 Å². The van der Waals surface area contributed by atoms with E-state index in [0.717, 1.165) is 37.4 Å². The number of aromatic nitrogens is 4. The van der Waals surface area contributed by atoms with Crippen LogP contribution in [0.25, 0.3) is 11.2 Å². The van der Waals surface area contributed by atoms with Crippen molar-refractivity contribution in [1.29, 1.82) is 0 Å². The van der Waals surface area contributed by atoms with Gasteiger partial charge in [-0.2, -0.15) is 0 Å². The van der Waals surface area contributed by atoms with Gasteiger partial charge in [-0.15, -0.1) is 0 Å². The van der Waals surface area contributed by atoms with E-state index in [9.17, 15) is 0 Å². The fourth-order valence-corrected chi connectivity index (χ4v) is 2.25. The average Bonchev–Trinajstić information content (AvgIpc) is 2.89. The minimum atomic E-state index is -0.148. The van der Waals surface area contributed by atoms with Gasteiger partial charge in [-0.25, -0.2) is 15.0 Å². The van der Waals surface area contributed by atoms with Crippen molar-refractivity contribution in [3.63, 3.8) is 0 Å². The Kier molecular flexibility index (Phi) is 2.85. The summed E-state index contributed by atoms with van der Waals surface area (Å²) in [5.41, 5.74) is 7.25. The number of nitrogens with two attached hydrogens (primary N) is 1. The zero-order valence-corrected chi connectivity index (χ0v) is 10.0. The molecule has 1 fully saturated rings. The van der Waals surface area contributed by atoms with Gasteiger partial charge < -0.3 is 20.8 Å². The van der Waals surface area contributed by atoms with Crippen molar-refractivity contribution >= 4 is 17.0 Å². The lowest BCUT2D eigenvalue weighted by molar-refractivity contribution is 0.0627. The van der Waals surface area contributed by atoms with Gasteiger partial charge in [0.2, 0.25) is 0 Å². The van der Waals surface area contributed by atoms with E-state index < -0.39 is 0 Å². The van der Waals surface area contributed by atoms with Crippen LogP contribution in [-0.4, -0.2) is 45.2 Å². The Balaban J connectivity index is 1.92. The summed E-state index contributed by atoms with van der Waals surface area (Å²) in [7, 11) is 0. The Bertz CT molecular complexity index is 533. The zero-order valence-electron chi connectivity index (χ0n) is 10.0. The minimum absolute atomic E-state index is 0.148. The van der Waals surface area contributed by atoms with E-state index in [4.69, 9.17) is 10.5 Å². The Morgan fingerprint density at radius 2 is 2.17 bits per heavy atom. The third-order valence-electron chi connectivity index (χ3n) is 3.45. The quantitative estimate of drug-likeness (QED) is 0.720. The van der Waals surface area contributed by atoms with Gasteiger partial charge in [0, 0.05) is 19.8 Å². The molecule has 1 aliphatic heterocycles. The molecule has 0 saturated carbocycles. The molecule has 0 bridgehead atoms. The minimum Gasteiger partial charge on any atom is -0.381 e. The van der Waals surface area contributed by atoms with Crippen LogP contribution >= 0.6 is 0 Å². The lowest BCUT2D eigenvalue weighted by atomic mass is 9.90. The number of rotatable bonds is 3. The normalized spacial score (nSPS) is 18.9. The first-order chi connectivity index (χ1) is 8.83. The lowest BCUT2D eigenvalue weighted by Gasteiger charge is -2.37. The summed E-state index contributed by atoms with van der Waals surface area (Å²) in [6.07, 6.45) is 4.88. The van der Waals surface area contributed by atoms with Gasteiger partial charge >= 0.3 is 0 Å². The molecule has 0 aliphatic carbocycles. The maximum Gasteiger partial charge on any atom is 0.182 e. The smallest absolute Gasteiger partial charge is 0.182 e. The molecule has 3 rings (SSSR count). The number of hydrogen-bond donors (Lipinski definition) is 3. The summed E-state index contributed by atoms with van der Waals surface area (Å²) in [5, 5.41) is 3.45. The van der Waals surface area contributed by atoms with E-state index in [1.807, 2.05) is 0 Å². The molecule has 0 aromatic carbocycles. The molecule has 96 valence electrons. The summed E-state index contributed by atoms with van der Waals surface area (Å²) in [5.74, 6) is 0.754. The Morgan fingerprint density at radius 1 is 1.33 bits per heavy atom. The number of hydrogen-bond acceptors (Lipinski definition) is 6. The number of anilines is 1. The average molecular weight is 248 g/mol. The molecule has 3 heterocycles. The highest BCUT2D eigenvalue weighted by Crippen LogP contribution is 2.26. The van der Waals surface area contributed by atoms with Gasteiger partial charge in [-0.3, -0.25) is 0 Å². The Labute approximate surface area is 104 Å². The fraction of sp³-hybridized carbons (Fsp3) is 0.545. The second kappa shape index (κ2) is 4.51. The summed E-state index contributed by atoms with van der Waals surface area (Å²) in [6, 6.07) is 0. The molecule has 0 radical (unpaired) electrons. The van der Waals surface area contributed by atoms with Crippen LogP contribution in [0.5, 0.6) is 0 Å². The highest BCUT2D eigenvalue weighted by atomic mass is 16.5. The van der Waals surface area contributed by atoms with Crippen molar-refractivity contribution in [2.75, 3.05) is 25.1 Å². The van der Waals surface area contributed by atoms with E-state index in [1.54, 1.807) is 6.33 Å². The topological polar surface area (TPSA) is 102 Å². The largest absolute Gasteiger partial charge is 0.381 e. The van der Waals surface area contributed by atoms with Crippen LogP contribution in [0.3, 0.4) is 0 Å². The number of ether oxygens (including phenoxy) is 1. The molecule has 2 aromatic rings. The van der Waals surface area contributed by atoms with Gasteiger partial charge in [0.1, 0.15) is 11.8 Å². The second-order valence-electron chi connectivity index (χ2n) is 4.55. The maximum absolute atomic E-state index is 5.92. The first kappa shape index (κ1) is 11.4. The molecule has 0 amide bonds. The first-order valence-electron chi connectivity index (χ1n) is 6.03. The number of H-pyrrole nitrogens is 1. The van der Waals surface area contributed by atoms with Gasteiger partial charge in [0.05, 0.1) is 11.9 Å². The molecule has 0 atom stereocenters. The van der Waals surface area contributed by atoms with Crippen molar-refractivity contribution in [3.05, 3.63) is 12.7 Å². The van der Waals surface area contributed by atoms with Gasteiger partial charge in [0.25, 0.3) is 0 Å². The van der Waals surface area contributed by atoms with Crippen molar-refractivity contribution in [2.45, 2.75) is 18.4 Å². The number of fused-ring (bicyclic) bond motifs is 1. The number of aromatic amines is 1. The molecule has 18 heavy (non-hydrogen) atoms. The van der Waals surface area contributed by atoms with Crippen LogP contribution in [-0.2, 0) is 4.74 Å². The fourth-order valence-electron chi connectivity index (χ4n) is 2.25. The standard InChI is InChI=1S/C11H16N6O/c12-5-11(1-3-18-4-2-11)17-10-8-9(14-6-13-8)15-7-16-10/h6-7H,1-5,12H2,(H2,13,14,15,16,17). The predicted octanol–water partition coefficient (Wildman–Crippen LogP) is 0.273. The van der Waals surface area contributed by atoms with Gasteiger partial charge in [0.15, 0.2) is 11.5 Å². The number of nitrogens with one attached hydrogen (secondary N) is 2. The zero-order chi connectivity index (χ0) is 12.4. The van der Waals surface area contributed by atoms with E-state index in [2.05, 4.69) is 25.3 Å². The number of imidazole rings is 1. The Hall–Kier alpha value is -1.73. The Morgan fingerprint density at radius 3 is 2.94 bits per heavy atom. The molecule has 0 unspecified atom stereocenters. The van der Waals surface area contributed by atoms with Gasteiger partial charge in [-0.05, 0) is 12.8 Å². The molecular weight excluding hydrogens is 232 g/mol. The molecule has 2 aromatic heterocycles.